The van der Waals surface area contributed by atoms with Crippen molar-refractivity contribution < 1.29 is 14.3 Å². The number of amides is 1. The van der Waals surface area contributed by atoms with Gasteiger partial charge in [-0.2, -0.15) is 0 Å². The lowest BCUT2D eigenvalue weighted by Gasteiger charge is -2.14. The molecule has 172 valence electrons. The summed E-state index contributed by atoms with van der Waals surface area (Å²) in [4.78, 5) is 28.0. The van der Waals surface area contributed by atoms with E-state index in [1.807, 2.05) is 69.5 Å². The number of anilines is 1. The number of rotatable bonds is 8. The van der Waals surface area contributed by atoms with E-state index in [0.717, 1.165) is 33.0 Å². The molecule has 3 rings (SSSR count). The first-order chi connectivity index (χ1) is 15.7. The monoisotopic (exact) mass is 590 g/mol. The molecule has 0 saturated carbocycles. The molecule has 1 atom stereocenters. The molecule has 1 heterocycles. The Hall–Kier alpha value is -2.29. The van der Waals surface area contributed by atoms with Crippen LogP contribution in [0.15, 0.2) is 44.7 Å². The Morgan fingerprint density at radius 1 is 1.24 bits per heavy atom. The first kappa shape index (κ1) is 25.3. The Bertz CT molecular complexity index is 1200. The van der Waals surface area contributed by atoms with E-state index in [-0.39, 0.29) is 11.9 Å². The minimum absolute atomic E-state index is 0.178. The number of aryl methyl sites for hydroxylation is 1. The number of halogens is 2. The molecule has 0 aliphatic rings. The molecule has 0 radical (unpaired) electrons. The van der Waals surface area contributed by atoms with E-state index in [2.05, 4.69) is 42.2 Å². The Balaban J connectivity index is 1.98. The molecule has 1 unspecified atom stereocenters. The summed E-state index contributed by atoms with van der Waals surface area (Å²) in [7, 11) is 0. The van der Waals surface area contributed by atoms with Gasteiger partial charge in [0.05, 0.1) is 25.6 Å². The summed E-state index contributed by atoms with van der Waals surface area (Å²) >= 11 is 8.65. The molecule has 0 bridgehead atoms. The largest absolute Gasteiger partial charge is 0.424 e. The third-order valence-corrected chi connectivity index (χ3v) is 7.15. The first-order valence-electron chi connectivity index (χ1n) is 10.4. The summed E-state index contributed by atoms with van der Waals surface area (Å²) in [5, 5.41) is 5.80. The standard InChI is InChI=1S/C25H24Br2N2O3S/c1-5-14(2)25(31)32-24-20(26)9-17(10-21(24)27)8-15(3)19-11-18(6-7-22(19)28-13-30)23-12-33-16(4)29-23/h6-14H,5H2,1-4H3,(H,28,30)/b15-8+. The number of nitrogens with one attached hydrogen (secondary N) is 1. The van der Waals surface area contributed by atoms with Gasteiger partial charge in [-0.1, -0.05) is 26.0 Å². The van der Waals surface area contributed by atoms with Crippen LogP contribution < -0.4 is 10.1 Å². The second kappa shape index (κ2) is 11.2. The van der Waals surface area contributed by atoms with E-state index in [4.69, 9.17) is 4.74 Å². The zero-order chi connectivity index (χ0) is 24.1. The third kappa shape index (κ3) is 6.19. The predicted molar refractivity (Wildman–Crippen MR) is 142 cm³/mol. The van der Waals surface area contributed by atoms with Crippen LogP contribution in [0.4, 0.5) is 5.69 Å². The topological polar surface area (TPSA) is 68.3 Å². The quantitative estimate of drug-likeness (QED) is 0.126. The fourth-order valence-electron chi connectivity index (χ4n) is 3.17. The molecule has 2 aromatic carbocycles. The van der Waals surface area contributed by atoms with Crippen molar-refractivity contribution in [2.75, 3.05) is 5.32 Å². The molecule has 8 heteroatoms. The molecule has 33 heavy (non-hydrogen) atoms. The summed E-state index contributed by atoms with van der Waals surface area (Å²) in [6, 6.07) is 9.65. The second-order valence-corrected chi connectivity index (χ2v) is 10.4. The summed E-state index contributed by atoms with van der Waals surface area (Å²) in [6.07, 6.45) is 3.40. The van der Waals surface area contributed by atoms with E-state index in [9.17, 15) is 9.59 Å². The highest BCUT2D eigenvalue weighted by atomic mass is 79.9. The minimum Gasteiger partial charge on any atom is -0.424 e. The van der Waals surface area contributed by atoms with Crippen molar-refractivity contribution in [2.45, 2.75) is 34.1 Å². The van der Waals surface area contributed by atoms with Crippen molar-refractivity contribution in [2.24, 2.45) is 5.92 Å². The lowest BCUT2D eigenvalue weighted by Crippen LogP contribution is -2.17. The summed E-state index contributed by atoms with van der Waals surface area (Å²) in [5.74, 6) is 0.0134. The molecule has 1 N–H and O–H groups in total. The molecule has 0 aliphatic heterocycles. The van der Waals surface area contributed by atoms with Gasteiger partial charge in [-0.15, -0.1) is 11.3 Å². The second-order valence-electron chi connectivity index (χ2n) is 7.65. The van der Waals surface area contributed by atoms with E-state index >= 15 is 0 Å². The molecule has 0 spiro atoms. The molecule has 3 aromatic rings. The van der Waals surface area contributed by atoms with E-state index in [1.54, 1.807) is 11.3 Å². The first-order valence-corrected chi connectivity index (χ1v) is 12.9. The maximum absolute atomic E-state index is 12.2. The number of hydrogen-bond acceptors (Lipinski definition) is 5. The highest BCUT2D eigenvalue weighted by Gasteiger charge is 2.18. The minimum atomic E-state index is -0.267. The maximum Gasteiger partial charge on any atom is 0.314 e. The number of esters is 1. The van der Waals surface area contributed by atoms with E-state index < -0.39 is 0 Å². The van der Waals surface area contributed by atoms with Crippen LogP contribution in [0.2, 0.25) is 0 Å². The number of carbonyl (C=O) groups excluding carboxylic acids is 2. The molecule has 1 amide bonds. The fraction of sp³-hybridized carbons (Fsp3) is 0.240. The van der Waals surface area contributed by atoms with Gasteiger partial charge in [0.2, 0.25) is 6.41 Å². The van der Waals surface area contributed by atoms with Crippen molar-refractivity contribution >= 4 is 72.9 Å². The lowest BCUT2D eigenvalue weighted by molar-refractivity contribution is -0.138. The number of thiazole rings is 1. The molecule has 5 nitrogen and oxygen atoms in total. The Kier molecular flexibility index (Phi) is 8.62. The molecular formula is C25H24Br2N2O3S. The summed E-state index contributed by atoms with van der Waals surface area (Å²) < 4.78 is 6.93. The zero-order valence-corrected chi connectivity index (χ0v) is 22.7. The van der Waals surface area contributed by atoms with Crippen LogP contribution in [0.1, 0.15) is 43.3 Å². The number of aromatic nitrogens is 1. The number of allylic oxidation sites excluding steroid dienone is 1. The third-order valence-electron chi connectivity index (χ3n) is 5.19. The fourth-order valence-corrected chi connectivity index (χ4v) is 5.18. The average molecular weight is 592 g/mol. The number of ether oxygens (including phenoxy) is 1. The van der Waals surface area contributed by atoms with Gasteiger partial charge < -0.3 is 10.1 Å². The number of hydrogen-bond donors (Lipinski definition) is 1. The smallest absolute Gasteiger partial charge is 0.314 e. The van der Waals surface area contributed by atoms with Crippen LogP contribution in [0.5, 0.6) is 5.75 Å². The van der Waals surface area contributed by atoms with E-state index in [0.29, 0.717) is 33.2 Å². The SMILES string of the molecule is CCC(C)C(=O)Oc1c(Br)cc(/C=C(\C)c2cc(-c3csc(C)n3)ccc2NC=O)cc1Br. The van der Waals surface area contributed by atoms with Crippen LogP contribution >= 0.6 is 43.2 Å². The molecule has 0 fully saturated rings. The molecular weight excluding hydrogens is 568 g/mol. The molecule has 1 aromatic heterocycles. The number of benzene rings is 2. The van der Waals surface area contributed by atoms with Gasteiger partial charge in [0, 0.05) is 22.2 Å². The van der Waals surface area contributed by atoms with Gasteiger partial charge >= 0.3 is 5.97 Å². The Labute approximate surface area is 214 Å². The Morgan fingerprint density at radius 2 is 1.94 bits per heavy atom. The van der Waals surface area contributed by atoms with Crippen LogP contribution in [0.3, 0.4) is 0 Å². The highest BCUT2D eigenvalue weighted by molar-refractivity contribution is 9.11. The number of carbonyl (C=O) groups is 2. The molecule has 0 aliphatic carbocycles. The van der Waals surface area contributed by atoms with Crippen LogP contribution in [-0.4, -0.2) is 17.4 Å². The lowest BCUT2D eigenvalue weighted by atomic mass is 9.99. The van der Waals surface area contributed by atoms with Gasteiger partial charge in [0.15, 0.2) is 5.75 Å². The normalized spacial score (nSPS) is 12.4. The zero-order valence-electron chi connectivity index (χ0n) is 18.7. The highest BCUT2D eigenvalue weighted by Crippen LogP contribution is 2.37. The van der Waals surface area contributed by atoms with Gasteiger partial charge in [0.25, 0.3) is 0 Å². The van der Waals surface area contributed by atoms with E-state index in [1.165, 1.54) is 0 Å². The van der Waals surface area contributed by atoms with Gasteiger partial charge in [-0.3, -0.25) is 9.59 Å². The van der Waals surface area contributed by atoms with Crippen molar-refractivity contribution in [3.8, 4) is 17.0 Å². The van der Waals surface area contributed by atoms with Gasteiger partial charge in [0.1, 0.15) is 0 Å². The summed E-state index contributed by atoms with van der Waals surface area (Å²) in [5.41, 5.74) is 5.35. The Morgan fingerprint density at radius 3 is 2.52 bits per heavy atom. The number of nitrogens with zero attached hydrogens (tertiary/aromatic N) is 1. The van der Waals surface area contributed by atoms with Gasteiger partial charge in [-0.05, 0) is 87.5 Å². The van der Waals surface area contributed by atoms with Crippen molar-refractivity contribution in [1.82, 2.24) is 4.98 Å². The van der Waals surface area contributed by atoms with Crippen molar-refractivity contribution in [1.29, 1.82) is 0 Å². The van der Waals surface area contributed by atoms with Crippen LogP contribution in [0.25, 0.3) is 22.9 Å². The predicted octanol–water partition coefficient (Wildman–Crippen LogP) is 7.72. The van der Waals surface area contributed by atoms with Crippen molar-refractivity contribution in [3.05, 3.63) is 60.8 Å². The maximum atomic E-state index is 12.2. The van der Waals surface area contributed by atoms with Crippen LogP contribution in [0, 0.1) is 12.8 Å². The average Bonchev–Trinajstić information content (AvgIpc) is 3.22. The van der Waals surface area contributed by atoms with Crippen LogP contribution in [-0.2, 0) is 9.59 Å². The molecule has 0 saturated heterocycles. The van der Waals surface area contributed by atoms with Crippen molar-refractivity contribution in [3.63, 3.8) is 0 Å². The summed E-state index contributed by atoms with van der Waals surface area (Å²) in [6.45, 7) is 7.75. The van der Waals surface area contributed by atoms with Gasteiger partial charge in [-0.25, -0.2) is 4.98 Å².